The van der Waals surface area contributed by atoms with Crippen molar-refractivity contribution in [2.45, 2.75) is 91.9 Å². The highest BCUT2D eigenvalue weighted by atomic mass is 16.5. The van der Waals surface area contributed by atoms with E-state index in [1.807, 2.05) is 0 Å². The fourth-order valence-electron chi connectivity index (χ4n) is 2.09. The molecule has 0 bridgehead atoms. The Morgan fingerprint density at radius 1 is 0.895 bits per heavy atom. The number of esters is 1. The molecule has 0 unspecified atom stereocenters. The van der Waals surface area contributed by atoms with Gasteiger partial charge >= 0.3 is 5.97 Å². The molecule has 0 heterocycles. The summed E-state index contributed by atoms with van der Waals surface area (Å²) in [7, 11) is 0. The molecule has 0 fully saturated rings. The Hall–Kier alpha value is -0.530. The first-order chi connectivity index (χ1) is 8.95. The minimum Gasteiger partial charge on any atom is -0.466 e. The second kappa shape index (κ2) is 11.3. The van der Waals surface area contributed by atoms with Crippen LogP contribution >= 0.6 is 0 Å². The van der Waals surface area contributed by atoms with Crippen LogP contribution < -0.4 is 0 Å². The third-order valence-electron chi connectivity index (χ3n) is 3.32. The number of carbonyl (C=O) groups is 1. The maximum absolute atomic E-state index is 11.5. The van der Waals surface area contributed by atoms with Gasteiger partial charge in [-0.05, 0) is 24.7 Å². The molecule has 2 nitrogen and oxygen atoms in total. The maximum atomic E-state index is 11.5. The molecule has 2 heteroatoms. The van der Waals surface area contributed by atoms with Gasteiger partial charge < -0.3 is 4.74 Å². The van der Waals surface area contributed by atoms with Gasteiger partial charge in [0.05, 0.1) is 6.61 Å². The van der Waals surface area contributed by atoms with Crippen LogP contribution in [0.25, 0.3) is 0 Å². The van der Waals surface area contributed by atoms with E-state index >= 15 is 0 Å². The highest BCUT2D eigenvalue weighted by Gasteiger charge is 2.10. The van der Waals surface area contributed by atoms with Gasteiger partial charge in [-0.2, -0.15) is 0 Å². The van der Waals surface area contributed by atoms with E-state index in [0.29, 0.717) is 18.4 Å². The second-order valence-corrected chi connectivity index (χ2v) is 6.76. The number of rotatable bonds is 11. The molecule has 0 aliphatic rings. The van der Waals surface area contributed by atoms with Crippen LogP contribution in [0.15, 0.2) is 0 Å². The second-order valence-electron chi connectivity index (χ2n) is 6.76. The first-order valence-electron chi connectivity index (χ1n) is 8.11. The first-order valence-corrected chi connectivity index (χ1v) is 8.11. The molecule has 0 rings (SSSR count). The van der Waals surface area contributed by atoms with Crippen molar-refractivity contribution in [3.8, 4) is 0 Å². The summed E-state index contributed by atoms with van der Waals surface area (Å²) in [5.74, 6) is -0.0116. The van der Waals surface area contributed by atoms with E-state index in [2.05, 4.69) is 27.7 Å². The zero-order valence-electron chi connectivity index (χ0n) is 13.6. The average Bonchev–Trinajstić information content (AvgIpc) is 2.32. The highest BCUT2D eigenvalue weighted by molar-refractivity contribution is 5.69. The topological polar surface area (TPSA) is 26.3 Å². The van der Waals surface area contributed by atoms with Crippen LogP contribution in [-0.4, -0.2) is 12.6 Å². The van der Waals surface area contributed by atoms with Gasteiger partial charge in [-0.3, -0.25) is 4.79 Å². The average molecular weight is 270 g/mol. The fraction of sp³-hybridized carbons (Fsp3) is 0.941. The summed E-state index contributed by atoms with van der Waals surface area (Å²) < 4.78 is 5.24. The quantitative estimate of drug-likeness (QED) is 0.366. The Bertz CT molecular complexity index is 216. The first kappa shape index (κ1) is 18.5. The van der Waals surface area contributed by atoms with Crippen molar-refractivity contribution in [1.29, 1.82) is 0 Å². The Morgan fingerprint density at radius 2 is 1.47 bits per heavy atom. The van der Waals surface area contributed by atoms with E-state index in [-0.39, 0.29) is 5.97 Å². The number of hydrogen-bond acceptors (Lipinski definition) is 2. The molecular weight excluding hydrogens is 236 g/mol. The lowest BCUT2D eigenvalue weighted by atomic mass is 9.91. The molecule has 0 atom stereocenters. The van der Waals surface area contributed by atoms with E-state index in [4.69, 9.17) is 4.74 Å². The molecule has 0 aromatic carbocycles. The fourth-order valence-corrected chi connectivity index (χ4v) is 2.09. The number of hydrogen-bond donors (Lipinski definition) is 0. The SMILES string of the molecule is CCCCCCCCCC(=O)OCCCC(C)(C)C. The summed E-state index contributed by atoms with van der Waals surface area (Å²) in [5.41, 5.74) is 0.338. The van der Waals surface area contributed by atoms with Gasteiger partial charge in [0.25, 0.3) is 0 Å². The van der Waals surface area contributed by atoms with Gasteiger partial charge in [0.1, 0.15) is 0 Å². The molecule has 19 heavy (non-hydrogen) atoms. The van der Waals surface area contributed by atoms with Crippen molar-refractivity contribution in [3.05, 3.63) is 0 Å². The molecule has 0 aliphatic heterocycles. The molecule has 0 spiro atoms. The van der Waals surface area contributed by atoms with E-state index in [1.54, 1.807) is 0 Å². The molecule has 0 aromatic heterocycles. The van der Waals surface area contributed by atoms with Gasteiger partial charge in [-0.15, -0.1) is 0 Å². The predicted molar refractivity (Wildman–Crippen MR) is 82.3 cm³/mol. The lowest BCUT2D eigenvalue weighted by molar-refractivity contribution is -0.144. The van der Waals surface area contributed by atoms with Crippen molar-refractivity contribution in [1.82, 2.24) is 0 Å². The standard InChI is InChI=1S/C17H34O2/c1-5-6-7-8-9-10-11-13-16(18)19-15-12-14-17(2,3)4/h5-15H2,1-4H3. The minimum atomic E-state index is -0.0116. The normalized spacial score (nSPS) is 11.6. The summed E-state index contributed by atoms with van der Waals surface area (Å²) in [4.78, 5) is 11.5. The van der Waals surface area contributed by atoms with Crippen LogP contribution in [0.2, 0.25) is 0 Å². The summed E-state index contributed by atoms with van der Waals surface area (Å²) in [6.45, 7) is 9.47. The van der Waals surface area contributed by atoms with Crippen LogP contribution in [-0.2, 0) is 9.53 Å². The molecule has 114 valence electrons. The van der Waals surface area contributed by atoms with Crippen LogP contribution in [0.4, 0.5) is 0 Å². The van der Waals surface area contributed by atoms with Crippen LogP contribution in [0.1, 0.15) is 91.9 Å². The Labute approximate surface area is 120 Å². The molecule has 0 saturated carbocycles. The third-order valence-corrected chi connectivity index (χ3v) is 3.32. The Morgan fingerprint density at radius 3 is 2.05 bits per heavy atom. The molecule has 0 aromatic rings. The van der Waals surface area contributed by atoms with E-state index in [1.165, 1.54) is 38.5 Å². The van der Waals surface area contributed by atoms with E-state index in [0.717, 1.165) is 19.3 Å². The van der Waals surface area contributed by atoms with Gasteiger partial charge in [0.2, 0.25) is 0 Å². The number of ether oxygens (including phenoxy) is 1. The summed E-state index contributed by atoms with van der Waals surface area (Å²) >= 11 is 0. The van der Waals surface area contributed by atoms with Gasteiger partial charge in [0.15, 0.2) is 0 Å². The van der Waals surface area contributed by atoms with Gasteiger partial charge in [-0.1, -0.05) is 66.2 Å². The van der Waals surface area contributed by atoms with Crippen molar-refractivity contribution < 1.29 is 9.53 Å². The van der Waals surface area contributed by atoms with Crippen LogP contribution in [0.3, 0.4) is 0 Å². The summed E-state index contributed by atoms with van der Waals surface area (Å²) in [6.07, 6.45) is 11.4. The van der Waals surface area contributed by atoms with Crippen LogP contribution in [0.5, 0.6) is 0 Å². The molecule has 0 aliphatic carbocycles. The minimum absolute atomic E-state index is 0.0116. The van der Waals surface area contributed by atoms with E-state index in [9.17, 15) is 4.79 Å². The Kier molecular flexibility index (Phi) is 11.0. The zero-order valence-corrected chi connectivity index (χ0v) is 13.6. The summed E-state index contributed by atoms with van der Waals surface area (Å²) in [5, 5.41) is 0. The maximum Gasteiger partial charge on any atom is 0.305 e. The molecule has 0 amide bonds. The lowest BCUT2D eigenvalue weighted by Crippen LogP contribution is -2.10. The third kappa shape index (κ3) is 15.4. The number of carbonyl (C=O) groups excluding carboxylic acids is 1. The van der Waals surface area contributed by atoms with Crippen molar-refractivity contribution in [2.75, 3.05) is 6.61 Å². The van der Waals surface area contributed by atoms with Crippen molar-refractivity contribution >= 4 is 5.97 Å². The Balaban J connectivity index is 3.26. The van der Waals surface area contributed by atoms with Crippen molar-refractivity contribution in [2.24, 2.45) is 5.41 Å². The smallest absolute Gasteiger partial charge is 0.305 e. The highest BCUT2D eigenvalue weighted by Crippen LogP contribution is 2.20. The van der Waals surface area contributed by atoms with Gasteiger partial charge in [-0.25, -0.2) is 0 Å². The van der Waals surface area contributed by atoms with Crippen LogP contribution in [0, 0.1) is 5.41 Å². The van der Waals surface area contributed by atoms with E-state index < -0.39 is 0 Å². The lowest BCUT2D eigenvalue weighted by Gasteiger charge is -2.17. The molecule has 0 saturated heterocycles. The van der Waals surface area contributed by atoms with Crippen molar-refractivity contribution in [3.63, 3.8) is 0 Å². The summed E-state index contributed by atoms with van der Waals surface area (Å²) in [6, 6.07) is 0. The van der Waals surface area contributed by atoms with Gasteiger partial charge in [0, 0.05) is 6.42 Å². The number of unbranched alkanes of at least 4 members (excludes halogenated alkanes) is 6. The predicted octanol–water partition coefficient (Wildman–Crippen LogP) is 5.50. The largest absolute Gasteiger partial charge is 0.466 e. The monoisotopic (exact) mass is 270 g/mol. The molecule has 0 N–H and O–H groups in total. The molecule has 0 radical (unpaired) electrons. The zero-order chi connectivity index (χ0) is 14.6. The molecular formula is C17H34O2.